The topological polar surface area (TPSA) is 35.8 Å². The summed E-state index contributed by atoms with van der Waals surface area (Å²) in [6.07, 6.45) is 4.07. The highest BCUT2D eigenvalue weighted by Gasteiger charge is 2.26. The lowest BCUT2D eigenvalue weighted by atomic mass is 9.90. The van der Waals surface area contributed by atoms with Crippen LogP contribution in [0.4, 0.5) is 0 Å². The van der Waals surface area contributed by atoms with E-state index in [1.165, 1.54) is 0 Å². The van der Waals surface area contributed by atoms with E-state index in [9.17, 15) is 0 Å². The van der Waals surface area contributed by atoms with Crippen molar-refractivity contribution < 1.29 is 0 Å². The van der Waals surface area contributed by atoms with Crippen LogP contribution in [0.15, 0.2) is 0 Å². The molecule has 0 aliphatic heterocycles. The molecule has 0 aromatic carbocycles. The third-order valence-electron chi connectivity index (χ3n) is 2.08. The molecule has 0 rings (SSSR count). The van der Waals surface area contributed by atoms with Crippen molar-refractivity contribution in [1.82, 2.24) is 5.32 Å². The molecule has 1 N–H and O–H groups in total. The summed E-state index contributed by atoms with van der Waals surface area (Å²) in [5.74, 6) is 0. The first kappa shape index (κ1) is 11.4. The van der Waals surface area contributed by atoms with E-state index in [0.717, 1.165) is 32.2 Å². The van der Waals surface area contributed by atoms with Gasteiger partial charge < -0.3 is 0 Å². The molecule has 0 fully saturated rings. The Hall–Kier alpha value is -0.550. The van der Waals surface area contributed by atoms with Crippen LogP contribution in [-0.4, -0.2) is 12.1 Å². The molecule has 0 aliphatic carbocycles. The predicted molar refractivity (Wildman–Crippen MR) is 51.8 cm³/mol. The highest BCUT2D eigenvalue weighted by molar-refractivity contribution is 5.06. The highest BCUT2D eigenvalue weighted by Crippen LogP contribution is 2.18. The maximum atomic E-state index is 9.06. The molecule has 0 saturated carbocycles. The summed E-state index contributed by atoms with van der Waals surface area (Å²) >= 11 is 0. The van der Waals surface area contributed by atoms with Crippen LogP contribution < -0.4 is 5.32 Å². The average molecular weight is 168 g/mol. The molecule has 2 nitrogen and oxygen atoms in total. The average Bonchev–Trinajstić information content (AvgIpc) is 2.06. The molecule has 0 radical (unpaired) electrons. The lowest BCUT2D eigenvalue weighted by Crippen LogP contribution is -2.43. The molecule has 0 spiro atoms. The zero-order chi connectivity index (χ0) is 9.45. The summed E-state index contributed by atoms with van der Waals surface area (Å²) in [6, 6.07) is 2.41. The van der Waals surface area contributed by atoms with Crippen molar-refractivity contribution in [3.05, 3.63) is 0 Å². The normalized spacial score (nSPS) is 11.2. The van der Waals surface area contributed by atoms with Crippen molar-refractivity contribution in [3.63, 3.8) is 0 Å². The largest absolute Gasteiger partial charge is 0.300 e. The van der Waals surface area contributed by atoms with Crippen molar-refractivity contribution in [2.75, 3.05) is 6.54 Å². The lowest BCUT2D eigenvalue weighted by molar-refractivity contribution is 0.361. The van der Waals surface area contributed by atoms with Gasteiger partial charge in [0.1, 0.15) is 5.54 Å². The summed E-state index contributed by atoms with van der Waals surface area (Å²) < 4.78 is 0. The molecular weight excluding hydrogens is 148 g/mol. The fourth-order valence-electron chi connectivity index (χ4n) is 1.65. The first-order chi connectivity index (χ1) is 5.74. The van der Waals surface area contributed by atoms with E-state index in [-0.39, 0.29) is 5.54 Å². The van der Waals surface area contributed by atoms with Gasteiger partial charge in [-0.2, -0.15) is 5.26 Å². The van der Waals surface area contributed by atoms with Gasteiger partial charge in [-0.1, -0.05) is 33.6 Å². The minimum atomic E-state index is -0.252. The predicted octanol–water partition coefficient (Wildman–Crippen LogP) is 2.46. The second-order valence-electron chi connectivity index (χ2n) is 3.22. The van der Waals surface area contributed by atoms with Gasteiger partial charge >= 0.3 is 0 Å². The van der Waals surface area contributed by atoms with Gasteiger partial charge in [-0.05, 0) is 19.4 Å². The molecule has 0 heterocycles. The lowest BCUT2D eigenvalue weighted by Gasteiger charge is -2.26. The zero-order valence-corrected chi connectivity index (χ0v) is 8.48. The minimum absolute atomic E-state index is 0.252. The van der Waals surface area contributed by atoms with E-state index in [2.05, 4.69) is 32.2 Å². The van der Waals surface area contributed by atoms with Crippen molar-refractivity contribution in [2.45, 2.75) is 52.0 Å². The number of nitriles is 1. The number of nitrogens with zero attached hydrogens (tertiary/aromatic N) is 1. The molecular formula is C10H20N2. The van der Waals surface area contributed by atoms with E-state index in [0.29, 0.717) is 0 Å². The Labute approximate surface area is 76.0 Å². The van der Waals surface area contributed by atoms with Gasteiger partial charge in [0, 0.05) is 0 Å². The van der Waals surface area contributed by atoms with Gasteiger partial charge in [0.15, 0.2) is 0 Å². The molecule has 0 atom stereocenters. The Kier molecular flexibility index (Phi) is 5.74. The fourth-order valence-corrected chi connectivity index (χ4v) is 1.65. The van der Waals surface area contributed by atoms with Crippen LogP contribution >= 0.6 is 0 Å². The Morgan fingerprint density at radius 1 is 1.17 bits per heavy atom. The number of hydrogen-bond acceptors (Lipinski definition) is 2. The third kappa shape index (κ3) is 3.23. The van der Waals surface area contributed by atoms with Gasteiger partial charge in [0.2, 0.25) is 0 Å². The number of rotatable bonds is 6. The minimum Gasteiger partial charge on any atom is -0.300 e. The third-order valence-corrected chi connectivity index (χ3v) is 2.08. The van der Waals surface area contributed by atoms with Gasteiger partial charge in [-0.3, -0.25) is 5.32 Å². The van der Waals surface area contributed by atoms with Crippen molar-refractivity contribution in [1.29, 1.82) is 5.26 Å². The summed E-state index contributed by atoms with van der Waals surface area (Å²) in [7, 11) is 0. The fraction of sp³-hybridized carbons (Fsp3) is 0.900. The molecule has 0 aromatic rings. The van der Waals surface area contributed by atoms with E-state index in [4.69, 9.17) is 5.26 Å². The van der Waals surface area contributed by atoms with Crippen LogP contribution in [0.5, 0.6) is 0 Å². The van der Waals surface area contributed by atoms with E-state index in [1.54, 1.807) is 0 Å². The second kappa shape index (κ2) is 6.02. The van der Waals surface area contributed by atoms with Crippen molar-refractivity contribution in [2.24, 2.45) is 0 Å². The molecule has 12 heavy (non-hydrogen) atoms. The Morgan fingerprint density at radius 2 is 1.67 bits per heavy atom. The molecule has 0 bridgehead atoms. The molecule has 70 valence electrons. The van der Waals surface area contributed by atoms with E-state index < -0.39 is 0 Å². The SMILES string of the molecule is CCCC(C#N)(CCC)NCC. The monoisotopic (exact) mass is 168 g/mol. The number of hydrogen-bond donors (Lipinski definition) is 1. The summed E-state index contributed by atoms with van der Waals surface area (Å²) in [5.41, 5.74) is -0.252. The number of nitrogens with one attached hydrogen (secondary N) is 1. The smallest absolute Gasteiger partial charge is 0.106 e. The van der Waals surface area contributed by atoms with Gasteiger partial charge in [0.05, 0.1) is 6.07 Å². The van der Waals surface area contributed by atoms with Crippen LogP contribution in [0, 0.1) is 11.3 Å². The zero-order valence-electron chi connectivity index (χ0n) is 8.48. The summed E-state index contributed by atoms with van der Waals surface area (Å²) in [4.78, 5) is 0. The highest BCUT2D eigenvalue weighted by atomic mass is 15.0. The van der Waals surface area contributed by atoms with Crippen LogP contribution in [0.3, 0.4) is 0 Å². The van der Waals surface area contributed by atoms with Crippen molar-refractivity contribution >= 4 is 0 Å². The maximum absolute atomic E-state index is 9.06. The van der Waals surface area contributed by atoms with Gasteiger partial charge in [-0.25, -0.2) is 0 Å². The van der Waals surface area contributed by atoms with E-state index in [1.807, 2.05) is 0 Å². The second-order valence-corrected chi connectivity index (χ2v) is 3.22. The Morgan fingerprint density at radius 3 is 1.92 bits per heavy atom. The molecule has 2 heteroatoms. The standard InChI is InChI=1S/C10H20N2/c1-4-7-10(9-11,8-5-2)12-6-3/h12H,4-8H2,1-3H3. The van der Waals surface area contributed by atoms with Gasteiger partial charge in [0.25, 0.3) is 0 Å². The Balaban J connectivity index is 4.19. The quantitative estimate of drug-likeness (QED) is 0.661. The molecule has 0 aromatic heterocycles. The van der Waals surface area contributed by atoms with Crippen LogP contribution in [0.2, 0.25) is 0 Å². The first-order valence-corrected chi connectivity index (χ1v) is 4.91. The molecule has 0 unspecified atom stereocenters. The Bertz CT molecular complexity index is 129. The summed E-state index contributed by atoms with van der Waals surface area (Å²) in [5, 5.41) is 12.3. The van der Waals surface area contributed by atoms with E-state index >= 15 is 0 Å². The molecule has 0 amide bonds. The van der Waals surface area contributed by atoms with Crippen LogP contribution in [0.25, 0.3) is 0 Å². The first-order valence-electron chi connectivity index (χ1n) is 4.91. The molecule has 0 aliphatic rings. The maximum Gasteiger partial charge on any atom is 0.106 e. The van der Waals surface area contributed by atoms with Crippen molar-refractivity contribution in [3.8, 4) is 6.07 Å². The molecule has 0 saturated heterocycles. The van der Waals surface area contributed by atoms with Crippen LogP contribution in [0.1, 0.15) is 46.5 Å². The van der Waals surface area contributed by atoms with Crippen LogP contribution in [-0.2, 0) is 0 Å². The van der Waals surface area contributed by atoms with Gasteiger partial charge in [-0.15, -0.1) is 0 Å². The summed E-state index contributed by atoms with van der Waals surface area (Å²) in [6.45, 7) is 7.18.